The van der Waals surface area contributed by atoms with Crippen LogP contribution in [0.15, 0.2) is 4.90 Å². The van der Waals surface area contributed by atoms with Gasteiger partial charge in [0.15, 0.2) is 0 Å². The maximum atomic E-state index is 12.8. The normalized spacial score (nSPS) is 12.9. The number of carbonyl (C=O) groups excluding carboxylic acids is 2. The summed E-state index contributed by atoms with van der Waals surface area (Å²) < 4.78 is 28.0. The lowest BCUT2D eigenvalue weighted by Crippen LogP contribution is -2.48. The Kier molecular flexibility index (Phi) is 7.57. The second kappa shape index (κ2) is 8.84. The number of rotatable bonds is 8. The van der Waals surface area contributed by atoms with E-state index in [4.69, 9.17) is 5.73 Å². The molecule has 27 heavy (non-hydrogen) atoms. The zero-order chi connectivity index (χ0) is 21.1. The van der Waals surface area contributed by atoms with Gasteiger partial charge in [-0.15, -0.1) is 0 Å². The van der Waals surface area contributed by atoms with Gasteiger partial charge in [0, 0.05) is 0 Å². The number of carbonyl (C=O) groups is 2. The van der Waals surface area contributed by atoms with Crippen molar-refractivity contribution in [1.82, 2.24) is 10.0 Å². The van der Waals surface area contributed by atoms with Crippen molar-refractivity contribution in [2.75, 3.05) is 6.54 Å². The van der Waals surface area contributed by atoms with Gasteiger partial charge in [-0.1, -0.05) is 13.8 Å². The topological polar surface area (TPSA) is 118 Å². The Morgan fingerprint density at radius 3 is 1.78 bits per heavy atom. The third kappa shape index (κ3) is 5.52. The lowest BCUT2D eigenvalue weighted by molar-refractivity contribution is -0.127. The summed E-state index contributed by atoms with van der Waals surface area (Å²) in [5.74, 6) is -1.08. The minimum Gasteiger partial charge on any atom is -0.368 e. The molecule has 4 N–H and O–H groups in total. The molecule has 1 aromatic carbocycles. The highest BCUT2D eigenvalue weighted by molar-refractivity contribution is 7.89. The number of hydrogen-bond acceptors (Lipinski definition) is 4. The molecule has 0 aliphatic heterocycles. The first-order valence-corrected chi connectivity index (χ1v) is 10.4. The van der Waals surface area contributed by atoms with E-state index in [1.54, 1.807) is 13.8 Å². The number of hydrogen-bond donors (Lipinski definition) is 3. The van der Waals surface area contributed by atoms with Crippen molar-refractivity contribution in [3.63, 3.8) is 0 Å². The van der Waals surface area contributed by atoms with Gasteiger partial charge in [0.1, 0.15) is 6.04 Å². The molecule has 0 aliphatic rings. The van der Waals surface area contributed by atoms with Crippen molar-refractivity contribution >= 4 is 21.8 Å². The van der Waals surface area contributed by atoms with E-state index in [0.717, 1.165) is 16.7 Å². The highest BCUT2D eigenvalue weighted by atomic mass is 32.2. The molecule has 0 saturated heterocycles. The maximum Gasteiger partial charge on any atom is 0.241 e. The highest BCUT2D eigenvalue weighted by Gasteiger charge is 2.25. The number of amides is 2. The molecule has 0 bridgehead atoms. The number of sulfonamides is 1. The van der Waals surface area contributed by atoms with Crippen LogP contribution in [0.5, 0.6) is 0 Å². The summed E-state index contributed by atoms with van der Waals surface area (Å²) in [6, 6.07) is -0.825. The molecule has 0 fully saturated rings. The molecule has 0 spiro atoms. The van der Waals surface area contributed by atoms with Gasteiger partial charge in [-0.2, -0.15) is 0 Å². The molecular weight excluding hydrogens is 366 g/mol. The molecule has 0 saturated carbocycles. The molecule has 152 valence electrons. The Balaban J connectivity index is 3.00. The van der Waals surface area contributed by atoms with Crippen LogP contribution in [-0.4, -0.2) is 32.8 Å². The standard InChI is InChI=1S/C19H31N3O4S/c1-10(2)8-16(19(20)24)22-17(23)9-21-27(25,26)18-14(6)12(4)11(3)13(5)15(18)7/h10,16,21H,8-9H2,1-7H3,(H2,20,24)(H,22,23)/t16-/m0/s1. The number of nitrogens with two attached hydrogens (primary N) is 1. The molecule has 1 aromatic rings. The molecule has 2 amide bonds. The minimum absolute atomic E-state index is 0.156. The van der Waals surface area contributed by atoms with Gasteiger partial charge in [-0.05, 0) is 74.8 Å². The third-order valence-electron chi connectivity index (χ3n) is 5.01. The zero-order valence-corrected chi connectivity index (χ0v) is 18.0. The molecular formula is C19H31N3O4S. The van der Waals surface area contributed by atoms with Crippen LogP contribution in [0.4, 0.5) is 0 Å². The number of benzene rings is 1. The van der Waals surface area contributed by atoms with Crippen molar-refractivity contribution in [1.29, 1.82) is 0 Å². The largest absolute Gasteiger partial charge is 0.368 e. The van der Waals surface area contributed by atoms with Crippen molar-refractivity contribution < 1.29 is 18.0 Å². The molecule has 0 radical (unpaired) electrons. The highest BCUT2D eigenvalue weighted by Crippen LogP contribution is 2.29. The monoisotopic (exact) mass is 397 g/mol. The van der Waals surface area contributed by atoms with Crippen molar-refractivity contribution in [2.45, 2.75) is 65.8 Å². The van der Waals surface area contributed by atoms with Gasteiger partial charge in [0.05, 0.1) is 11.4 Å². The van der Waals surface area contributed by atoms with Crippen LogP contribution in [0, 0.1) is 40.5 Å². The van der Waals surface area contributed by atoms with Gasteiger partial charge >= 0.3 is 0 Å². The Hall–Kier alpha value is -1.93. The van der Waals surface area contributed by atoms with Gasteiger partial charge in [-0.3, -0.25) is 9.59 Å². The van der Waals surface area contributed by atoms with E-state index in [9.17, 15) is 18.0 Å². The van der Waals surface area contributed by atoms with Crippen molar-refractivity contribution in [2.24, 2.45) is 11.7 Å². The molecule has 0 aromatic heterocycles. The Labute approximate surface area is 162 Å². The summed E-state index contributed by atoms with van der Waals surface area (Å²) >= 11 is 0. The number of primary amides is 1. The second-order valence-electron chi connectivity index (χ2n) is 7.43. The summed E-state index contributed by atoms with van der Waals surface area (Å²) in [7, 11) is -3.88. The Morgan fingerprint density at radius 1 is 0.926 bits per heavy atom. The van der Waals surface area contributed by atoms with E-state index in [2.05, 4.69) is 10.0 Å². The molecule has 0 aliphatic carbocycles. The van der Waals surface area contributed by atoms with E-state index < -0.39 is 34.4 Å². The fourth-order valence-electron chi connectivity index (χ4n) is 3.06. The van der Waals surface area contributed by atoms with Gasteiger partial charge in [0.25, 0.3) is 0 Å². The predicted molar refractivity (Wildman–Crippen MR) is 106 cm³/mol. The van der Waals surface area contributed by atoms with E-state index in [0.29, 0.717) is 17.5 Å². The molecule has 0 heterocycles. The fraction of sp³-hybridized carbons (Fsp3) is 0.579. The number of nitrogens with one attached hydrogen (secondary N) is 2. The average Bonchev–Trinajstić information content (AvgIpc) is 2.55. The summed E-state index contributed by atoms with van der Waals surface area (Å²) in [6.07, 6.45) is 0.391. The maximum absolute atomic E-state index is 12.8. The van der Waals surface area contributed by atoms with Crippen LogP contribution < -0.4 is 15.8 Å². The summed E-state index contributed by atoms with van der Waals surface area (Å²) in [6.45, 7) is 12.6. The average molecular weight is 398 g/mol. The van der Waals surface area contributed by atoms with Crippen LogP contribution in [0.1, 0.15) is 48.1 Å². The van der Waals surface area contributed by atoms with E-state index in [1.807, 2.05) is 34.6 Å². The Bertz CT molecular complexity index is 816. The van der Waals surface area contributed by atoms with Crippen LogP contribution >= 0.6 is 0 Å². The second-order valence-corrected chi connectivity index (χ2v) is 9.13. The van der Waals surface area contributed by atoms with Crippen LogP contribution in [0.2, 0.25) is 0 Å². The van der Waals surface area contributed by atoms with Gasteiger partial charge < -0.3 is 11.1 Å². The fourth-order valence-corrected chi connectivity index (χ4v) is 4.64. The minimum atomic E-state index is -3.88. The summed E-state index contributed by atoms with van der Waals surface area (Å²) in [5.41, 5.74) is 9.51. The smallest absolute Gasteiger partial charge is 0.241 e. The van der Waals surface area contributed by atoms with Gasteiger partial charge in [0.2, 0.25) is 21.8 Å². The first-order valence-electron chi connectivity index (χ1n) is 8.94. The predicted octanol–water partition coefficient (Wildman–Crippen LogP) is 1.52. The van der Waals surface area contributed by atoms with Crippen LogP contribution in [-0.2, 0) is 19.6 Å². The van der Waals surface area contributed by atoms with E-state index >= 15 is 0 Å². The van der Waals surface area contributed by atoms with Crippen molar-refractivity contribution in [3.05, 3.63) is 27.8 Å². The third-order valence-corrected chi connectivity index (χ3v) is 6.68. The molecule has 0 unspecified atom stereocenters. The first-order chi connectivity index (χ1) is 12.3. The van der Waals surface area contributed by atoms with Crippen LogP contribution in [0.3, 0.4) is 0 Å². The van der Waals surface area contributed by atoms with Crippen LogP contribution in [0.25, 0.3) is 0 Å². The lowest BCUT2D eigenvalue weighted by atomic mass is 9.95. The van der Waals surface area contributed by atoms with Gasteiger partial charge in [-0.25, -0.2) is 13.1 Å². The molecule has 7 nitrogen and oxygen atoms in total. The molecule has 1 rings (SSSR count). The van der Waals surface area contributed by atoms with E-state index in [-0.39, 0.29) is 10.8 Å². The first kappa shape index (κ1) is 23.1. The Morgan fingerprint density at radius 2 is 1.37 bits per heavy atom. The summed E-state index contributed by atoms with van der Waals surface area (Å²) in [5, 5.41) is 2.49. The van der Waals surface area contributed by atoms with Crippen molar-refractivity contribution in [3.8, 4) is 0 Å². The molecule has 1 atom stereocenters. The quantitative estimate of drug-likeness (QED) is 0.616. The van der Waals surface area contributed by atoms with E-state index in [1.165, 1.54) is 0 Å². The zero-order valence-electron chi connectivity index (χ0n) is 17.2. The molecule has 8 heteroatoms. The SMILES string of the molecule is Cc1c(C)c(C)c(S(=O)(=O)NCC(=O)N[C@@H](CC(C)C)C(N)=O)c(C)c1C. The lowest BCUT2D eigenvalue weighted by Gasteiger charge is -2.20. The summed E-state index contributed by atoms with van der Waals surface area (Å²) in [4.78, 5) is 23.8.